The zero-order valence-corrected chi connectivity index (χ0v) is 13.6. The van der Waals surface area contributed by atoms with Crippen LogP contribution >= 0.6 is 0 Å². The van der Waals surface area contributed by atoms with Crippen molar-refractivity contribution in [3.05, 3.63) is 83.7 Å². The van der Waals surface area contributed by atoms with Crippen molar-refractivity contribution in [1.29, 1.82) is 0 Å². The first kappa shape index (κ1) is 16.4. The zero-order valence-electron chi connectivity index (χ0n) is 13.6. The third-order valence-corrected chi connectivity index (χ3v) is 3.81. The van der Waals surface area contributed by atoms with Crippen LogP contribution in [-0.4, -0.2) is 32.8 Å². The second-order valence-corrected chi connectivity index (χ2v) is 5.81. The fraction of sp³-hybridized carbons (Fsp3) is 0.263. The maximum absolute atomic E-state index is 10.2. The van der Waals surface area contributed by atoms with Gasteiger partial charge in [0, 0.05) is 6.20 Å². The van der Waals surface area contributed by atoms with Gasteiger partial charge in [0.1, 0.15) is 6.10 Å². The van der Waals surface area contributed by atoms with Gasteiger partial charge in [-0.05, 0) is 18.1 Å². The number of benzene rings is 2. The highest BCUT2D eigenvalue weighted by atomic mass is 16.5. The minimum Gasteiger partial charge on any atom is -0.389 e. The van der Waals surface area contributed by atoms with E-state index in [-0.39, 0.29) is 12.7 Å². The molecule has 5 heteroatoms. The summed E-state index contributed by atoms with van der Waals surface area (Å²) in [7, 11) is 0. The summed E-state index contributed by atoms with van der Waals surface area (Å²) < 4.78 is 7.65. The zero-order chi connectivity index (χ0) is 16.8. The Bertz CT molecular complexity index is 727. The Morgan fingerprint density at radius 2 is 1.75 bits per heavy atom. The molecular weight excluding hydrogens is 302 g/mol. The first-order valence-corrected chi connectivity index (χ1v) is 7.97. The molecule has 1 aromatic heterocycles. The summed E-state index contributed by atoms with van der Waals surface area (Å²) in [6.07, 6.45) is 2.45. The highest BCUT2D eigenvalue weighted by Gasteiger charge is 2.17. The highest BCUT2D eigenvalue weighted by molar-refractivity contribution is 5.31. The number of hydrogen-bond donors (Lipinski definition) is 1. The lowest BCUT2D eigenvalue weighted by Crippen LogP contribution is -2.24. The maximum Gasteiger partial charge on any atom is 0.108 e. The predicted molar refractivity (Wildman–Crippen MR) is 91.4 cm³/mol. The van der Waals surface area contributed by atoms with Crippen molar-refractivity contribution in [2.75, 3.05) is 6.61 Å². The van der Waals surface area contributed by atoms with E-state index in [0.29, 0.717) is 6.54 Å². The molecule has 0 saturated heterocycles. The highest BCUT2D eigenvalue weighted by Crippen LogP contribution is 2.26. The van der Waals surface area contributed by atoms with E-state index in [2.05, 4.69) is 41.5 Å². The molecule has 0 aliphatic rings. The summed E-state index contributed by atoms with van der Waals surface area (Å²) in [6, 6.07) is 18.3. The number of aryl methyl sites for hydroxylation is 1. The average Bonchev–Trinajstić information content (AvgIpc) is 3.10. The Kier molecular flexibility index (Phi) is 5.36. The third-order valence-electron chi connectivity index (χ3n) is 3.81. The molecule has 5 nitrogen and oxygen atoms in total. The summed E-state index contributed by atoms with van der Waals surface area (Å²) in [5.41, 5.74) is 3.34. The summed E-state index contributed by atoms with van der Waals surface area (Å²) in [6.45, 7) is 2.63. The van der Waals surface area contributed by atoms with E-state index in [0.717, 1.165) is 11.1 Å². The SMILES string of the molecule is Cc1ccc([C@H](OC[C@@H](O)Cn2ccnn2)c2ccccc2)cc1. The van der Waals surface area contributed by atoms with Gasteiger partial charge in [0.05, 0.1) is 25.5 Å². The standard InChI is InChI=1S/C19H21N3O2/c1-15-7-9-17(10-8-15)19(16-5-3-2-4-6-16)24-14-18(23)13-22-12-11-20-21-22/h2-12,18-19,23H,13-14H2,1H3/t18-,19+/m0/s1. The molecule has 24 heavy (non-hydrogen) atoms. The van der Waals surface area contributed by atoms with Crippen LogP contribution in [0.3, 0.4) is 0 Å². The number of hydrogen-bond acceptors (Lipinski definition) is 4. The molecule has 3 rings (SSSR count). The van der Waals surface area contributed by atoms with Crippen molar-refractivity contribution in [2.24, 2.45) is 0 Å². The minimum absolute atomic E-state index is 0.211. The number of aromatic nitrogens is 3. The van der Waals surface area contributed by atoms with Gasteiger partial charge in [-0.15, -0.1) is 5.10 Å². The molecule has 0 spiro atoms. The van der Waals surface area contributed by atoms with Crippen LogP contribution in [-0.2, 0) is 11.3 Å². The Morgan fingerprint density at radius 1 is 1.04 bits per heavy atom. The van der Waals surface area contributed by atoms with E-state index in [4.69, 9.17) is 4.74 Å². The van der Waals surface area contributed by atoms with Crippen molar-refractivity contribution in [1.82, 2.24) is 15.0 Å². The molecule has 0 aliphatic carbocycles. The van der Waals surface area contributed by atoms with Crippen LogP contribution in [0.5, 0.6) is 0 Å². The van der Waals surface area contributed by atoms with Gasteiger partial charge in [-0.1, -0.05) is 65.4 Å². The molecule has 3 aromatic rings. The van der Waals surface area contributed by atoms with Crippen LogP contribution in [0.2, 0.25) is 0 Å². The van der Waals surface area contributed by atoms with Crippen molar-refractivity contribution in [3.63, 3.8) is 0 Å². The van der Waals surface area contributed by atoms with Gasteiger partial charge in [-0.2, -0.15) is 0 Å². The summed E-state index contributed by atoms with van der Waals surface area (Å²) in [5.74, 6) is 0. The van der Waals surface area contributed by atoms with Crippen LogP contribution in [0.15, 0.2) is 67.0 Å². The molecule has 0 saturated carbocycles. The van der Waals surface area contributed by atoms with Gasteiger partial charge >= 0.3 is 0 Å². The number of aliphatic hydroxyl groups excluding tert-OH is 1. The Hall–Kier alpha value is -2.50. The van der Waals surface area contributed by atoms with Gasteiger partial charge in [-0.25, -0.2) is 4.68 Å². The molecule has 0 radical (unpaired) electrons. The van der Waals surface area contributed by atoms with E-state index >= 15 is 0 Å². The molecule has 0 amide bonds. The molecule has 0 bridgehead atoms. The molecule has 0 unspecified atom stereocenters. The van der Waals surface area contributed by atoms with Crippen LogP contribution in [0.1, 0.15) is 22.8 Å². The van der Waals surface area contributed by atoms with Gasteiger partial charge in [0.15, 0.2) is 0 Å². The van der Waals surface area contributed by atoms with Crippen LogP contribution in [0.4, 0.5) is 0 Å². The molecule has 2 atom stereocenters. The smallest absolute Gasteiger partial charge is 0.108 e. The molecular formula is C19H21N3O2. The summed E-state index contributed by atoms with van der Waals surface area (Å²) in [5, 5.41) is 17.8. The first-order valence-electron chi connectivity index (χ1n) is 7.97. The van der Waals surface area contributed by atoms with E-state index in [1.54, 1.807) is 17.1 Å². The average molecular weight is 323 g/mol. The van der Waals surface area contributed by atoms with Crippen molar-refractivity contribution in [3.8, 4) is 0 Å². The van der Waals surface area contributed by atoms with Gasteiger partial charge < -0.3 is 9.84 Å². The molecule has 1 N–H and O–H groups in total. The van der Waals surface area contributed by atoms with Crippen LogP contribution < -0.4 is 0 Å². The number of ether oxygens (including phenoxy) is 1. The Balaban J connectivity index is 1.71. The second-order valence-electron chi connectivity index (χ2n) is 5.81. The third kappa shape index (κ3) is 4.28. The Labute approximate surface area is 141 Å². The van der Waals surface area contributed by atoms with E-state index in [1.807, 2.05) is 30.3 Å². The maximum atomic E-state index is 10.2. The molecule has 0 aliphatic heterocycles. The minimum atomic E-state index is -0.650. The number of rotatable bonds is 7. The predicted octanol–water partition coefficient (Wildman–Crippen LogP) is 2.75. The fourth-order valence-corrected chi connectivity index (χ4v) is 2.56. The van der Waals surface area contributed by atoms with E-state index < -0.39 is 6.10 Å². The lowest BCUT2D eigenvalue weighted by Gasteiger charge is -2.21. The van der Waals surface area contributed by atoms with Crippen molar-refractivity contribution in [2.45, 2.75) is 25.7 Å². The lowest BCUT2D eigenvalue weighted by atomic mass is 10.0. The van der Waals surface area contributed by atoms with Crippen molar-refractivity contribution < 1.29 is 9.84 Å². The van der Waals surface area contributed by atoms with Crippen LogP contribution in [0.25, 0.3) is 0 Å². The van der Waals surface area contributed by atoms with Crippen LogP contribution in [0, 0.1) is 6.92 Å². The van der Waals surface area contributed by atoms with Gasteiger partial charge in [0.2, 0.25) is 0 Å². The fourth-order valence-electron chi connectivity index (χ4n) is 2.56. The van der Waals surface area contributed by atoms with Gasteiger partial charge in [0.25, 0.3) is 0 Å². The monoisotopic (exact) mass is 323 g/mol. The molecule has 1 heterocycles. The second kappa shape index (κ2) is 7.86. The van der Waals surface area contributed by atoms with Gasteiger partial charge in [-0.3, -0.25) is 0 Å². The number of aliphatic hydroxyl groups is 1. The molecule has 124 valence electrons. The largest absolute Gasteiger partial charge is 0.389 e. The van der Waals surface area contributed by atoms with E-state index in [9.17, 15) is 5.11 Å². The summed E-state index contributed by atoms with van der Waals surface area (Å²) >= 11 is 0. The summed E-state index contributed by atoms with van der Waals surface area (Å²) in [4.78, 5) is 0. The van der Waals surface area contributed by atoms with E-state index in [1.165, 1.54) is 5.56 Å². The Morgan fingerprint density at radius 3 is 2.42 bits per heavy atom. The molecule has 2 aromatic carbocycles. The van der Waals surface area contributed by atoms with Crippen molar-refractivity contribution >= 4 is 0 Å². The topological polar surface area (TPSA) is 60.2 Å². The number of nitrogens with zero attached hydrogens (tertiary/aromatic N) is 3. The normalized spacial score (nSPS) is 13.6. The quantitative estimate of drug-likeness (QED) is 0.726. The first-order chi connectivity index (χ1) is 11.7. The lowest BCUT2D eigenvalue weighted by molar-refractivity contribution is -0.00209. The molecule has 0 fully saturated rings.